The van der Waals surface area contributed by atoms with Crippen molar-refractivity contribution in [1.82, 2.24) is 5.32 Å². The molecule has 3 N–H and O–H groups in total. The van der Waals surface area contributed by atoms with Crippen LogP contribution in [0.2, 0.25) is 0 Å². The first-order chi connectivity index (χ1) is 27.0. The number of unbranched alkanes of at least 4 members (excludes halogenated alkanes) is 28. The van der Waals surface area contributed by atoms with Gasteiger partial charge in [-0.3, -0.25) is 9.59 Å². The standard InChI is InChI=1S/C49H93NO5/c1-4-7-10-13-16-18-20-22-23-24-26-28-30-33-36-39-42-49(54)55-45(40-37-34-31-15-12-9-6-3)43-48(53)50-46(44-51)47(52)41-38-35-32-29-27-25-21-19-17-14-11-8-5-2/h23-24,26,28,45-47,51-52H,4-22,25,27,29-44H2,1-3H3,(H,50,53)/b24-23+,28-26+. The normalized spacial score (nSPS) is 13.5. The molecule has 0 bridgehead atoms. The van der Waals surface area contributed by atoms with Crippen molar-refractivity contribution in [2.24, 2.45) is 0 Å². The van der Waals surface area contributed by atoms with E-state index in [-0.39, 0.29) is 24.9 Å². The van der Waals surface area contributed by atoms with E-state index in [2.05, 4.69) is 50.4 Å². The minimum atomic E-state index is -0.786. The summed E-state index contributed by atoms with van der Waals surface area (Å²) in [6, 6.07) is -0.700. The van der Waals surface area contributed by atoms with Crippen molar-refractivity contribution >= 4 is 11.9 Å². The molecule has 0 aromatic heterocycles. The quantitative estimate of drug-likeness (QED) is 0.0326. The van der Waals surface area contributed by atoms with E-state index in [1.807, 2.05) is 0 Å². The molecule has 0 aromatic rings. The topological polar surface area (TPSA) is 95.9 Å². The van der Waals surface area contributed by atoms with E-state index in [4.69, 9.17) is 4.74 Å². The third kappa shape index (κ3) is 39.0. The number of allylic oxidation sites excluding steroid dienone is 4. The highest BCUT2D eigenvalue weighted by Crippen LogP contribution is 2.17. The number of carbonyl (C=O) groups is 2. The lowest BCUT2D eigenvalue weighted by molar-refractivity contribution is -0.151. The van der Waals surface area contributed by atoms with E-state index in [1.54, 1.807) is 0 Å². The minimum absolute atomic E-state index is 0.0702. The van der Waals surface area contributed by atoms with Gasteiger partial charge in [0, 0.05) is 6.42 Å². The van der Waals surface area contributed by atoms with E-state index in [1.165, 1.54) is 141 Å². The third-order valence-electron chi connectivity index (χ3n) is 11.1. The molecule has 0 fully saturated rings. The van der Waals surface area contributed by atoms with Gasteiger partial charge in [-0.2, -0.15) is 0 Å². The van der Waals surface area contributed by atoms with Crippen LogP contribution in [0.5, 0.6) is 0 Å². The Hall–Kier alpha value is -1.66. The summed E-state index contributed by atoms with van der Waals surface area (Å²) in [5.41, 5.74) is 0. The number of hydrogen-bond donors (Lipinski definition) is 3. The Bertz CT molecular complexity index is 873. The fourth-order valence-corrected chi connectivity index (χ4v) is 7.36. The Morgan fingerprint density at radius 1 is 0.527 bits per heavy atom. The lowest BCUT2D eigenvalue weighted by Crippen LogP contribution is -2.46. The summed E-state index contributed by atoms with van der Waals surface area (Å²) in [5, 5.41) is 23.6. The molecule has 0 heterocycles. The number of carbonyl (C=O) groups excluding carboxylic acids is 2. The van der Waals surface area contributed by atoms with Gasteiger partial charge in [-0.05, 0) is 51.4 Å². The second-order valence-electron chi connectivity index (χ2n) is 16.5. The first kappa shape index (κ1) is 53.3. The molecule has 0 aliphatic heterocycles. The van der Waals surface area contributed by atoms with Gasteiger partial charge in [0.05, 0.1) is 25.2 Å². The van der Waals surface area contributed by atoms with Gasteiger partial charge in [-0.1, -0.05) is 212 Å². The fourth-order valence-electron chi connectivity index (χ4n) is 7.36. The molecule has 324 valence electrons. The molecule has 0 saturated heterocycles. The van der Waals surface area contributed by atoms with E-state index in [0.29, 0.717) is 19.3 Å². The number of aliphatic hydroxyl groups excluding tert-OH is 2. The van der Waals surface area contributed by atoms with Gasteiger partial charge in [-0.25, -0.2) is 0 Å². The van der Waals surface area contributed by atoms with Crippen molar-refractivity contribution in [1.29, 1.82) is 0 Å². The van der Waals surface area contributed by atoms with Crippen LogP contribution in [0.1, 0.15) is 252 Å². The van der Waals surface area contributed by atoms with Crippen LogP contribution in [0, 0.1) is 0 Å². The van der Waals surface area contributed by atoms with Crippen molar-refractivity contribution < 1.29 is 24.5 Å². The van der Waals surface area contributed by atoms with Gasteiger partial charge in [0.2, 0.25) is 5.91 Å². The maximum atomic E-state index is 13.1. The van der Waals surface area contributed by atoms with Crippen molar-refractivity contribution in [2.45, 2.75) is 270 Å². The van der Waals surface area contributed by atoms with E-state index < -0.39 is 18.2 Å². The number of amides is 1. The molecule has 0 saturated carbocycles. The zero-order valence-electron chi connectivity index (χ0n) is 36.8. The number of rotatable bonds is 43. The average Bonchev–Trinajstić information content (AvgIpc) is 3.18. The monoisotopic (exact) mass is 776 g/mol. The average molecular weight is 776 g/mol. The number of ether oxygens (including phenoxy) is 1. The second-order valence-corrected chi connectivity index (χ2v) is 16.5. The van der Waals surface area contributed by atoms with Gasteiger partial charge in [0.25, 0.3) is 0 Å². The van der Waals surface area contributed by atoms with Crippen molar-refractivity contribution in [2.75, 3.05) is 6.61 Å². The molecule has 55 heavy (non-hydrogen) atoms. The second kappa shape index (κ2) is 43.5. The molecule has 6 nitrogen and oxygen atoms in total. The molecule has 1 amide bonds. The highest BCUT2D eigenvalue weighted by atomic mass is 16.5. The molecule has 0 aliphatic rings. The predicted octanol–water partition coefficient (Wildman–Crippen LogP) is 14.0. The number of aliphatic hydroxyl groups is 2. The summed E-state index contributed by atoms with van der Waals surface area (Å²) < 4.78 is 5.87. The molecule has 0 rings (SSSR count). The lowest BCUT2D eigenvalue weighted by atomic mass is 10.0. The maximum absolute atomic E-state index is 13.1. The third-order valence-corrected chi connectivity index (χ3v) is 11.1. The van der Waals surface area contributed by atoms with Crippen LogP contribution in [0.25, 0.3) is 0 Å². The fraction of sp³-hybridized carbons (Fsp3) is 0.878. The first-order valence-corrected chi connectivity index (χ1v) is 24.1. The summed E-state index contributed by atoms with van der Waals surface area (Å²) in [6.45, 7) is 6.44. The molecule has 0 spiro atoms. The largest absolute Gasteiger partial charge is 0.462 e. The van der Waals surface area contributed by atoms with E-state index in [9.17, 15) is 19.8 Å². The van der Waals surface area contributed by atoms with Gasteiger partial charge in [0.15, 0.2) is 0 Å². The maximum Gasteiger partial charge on any atom is 0.306 e. The lowest BCUT2D eigenvalue weighted by Gasteiger charge is -2.24. The van der Waals surface area contributed by atoms with Gasteiger partial charge in [-0.15, -0.1) is 0 Å². The summed E-state index contributed by atoms with van der Waals surface area (Å²) in [6.07, 6.45) is 48.2. The predicted molar refractivity (Wildman–Crippen MR) is 236 cm³/mol. The van der Waals surface area contributed by atoms with Crippen LogP contribution >= 0.6 is 0 Å². The van der Waals surface area contributed by atoms with Crippen molar-refractivity contribution in [3.63, 3.8) is 0 Å². The Kier molecular flexibility index (Phi) is 42.2. The smallest absolute Gasteiger partial charge is 0.306 e. The van der Waals surface area contributed by atoms with Crippen molar-refractivity contribution in [3.8, 4) is 0 Å². The zero-order valence-corrected chi connectivity index (χ0v) is 36.8. The highest BCUT2D eigenvalue weighted by molar-refractivity contribution is 5.77. The summed E-state index contributed by atoms with van der Waals surface area (Å²) in [7, 11) is 0. The minimum Gasteiger partial charge on any atom is -0.462 e. The molecular weight excluding hydrogens is 683 g/mol. The number of hydrogen-bond acceptors (Lipinski definition) is 5. The van der Waals surface area contributed by atoms with Crippen molar-refractivity contribution in [3.05, 3.63) is 24.3 Å². The van der Waals surface area contributed by atoms with Crippen LogP contribution in [0.3, 0.4) is 0 Å². The number of esters is 1. The van der Waals surface area contributed by atoms with Gasteiger partial charge in [0.1, 0.15) is 6.10 Å². The van der Waals surface area contributed by atoms with Crippen LogP contribution in [0.4, 0.5) is 0 Å². The Balaban J connectivity index is 4.43. The van der Waals surface area contributed by atoms with Gasteiger partial charge >= 0.3 is 5.97 Å². The Morgan fingerprint density at radius 3 is 1.35 bits per heavy atom. The molecular formula is C49H93NO5. The Labute approximate surface area is 341 Å². The SMILES string of the molecule is CCCCCCCCC/C=C/C=C/CCCCCC(=O)OC(CCCCCCCCC)CC(=O)NC(CO)C(O)CCCCCCCCCCCCCCC. The van der Waals surface area contributed by atoms with E-state index >= 15 is 0 Å². The van der Waals surface area contributed by atoms with Crippen LogP contribution in [-0.2, 0) is 14.3 Å². The van der Waals surface area contributed by atoms with Crippen LogP contribution in [0.15, 0.2) is 24.3 Å². The van der Waals surface area contributed by atoms with Crippen LogP contribution < -0.4 is 5.32 Å². The van der Waals surface area contributed by atoms with E-state index in [0.717, 1.165) is 64.2 Å². The zero-order chi connectivity index (χ0) is 40.3. The summed E-state index contributed by atoms with van der Waals surface area (Å²) in [5.74, 6) is -0.502. The molecule has 6 heteroatoms. The van der Waals surface area contributed by atoms with Crippen LogP contribution in [-0.4, -0.2) is 46.9 Å². The highest BCUT2D eigenvalue weighted by Gasteiger charge is 2.24. The molecule has 0 radical (unpaired) electrons. The summed E-state index contributed by atoms with van der Waals surface area (Å²) >= 11 is 0. The first-order valence-electron chi connectivity index (χ1n) is 24.1. The molecule has 0 aliphatic carbocycles. The summed E-state index contributed by atoms with van der Waals surface area (Å²) in [4.78, 5) is 25.9. The molecule has 3 atom stereocenters. The molecule has 0 aromatic carbocycles. The number of nitrogens with one attached hydrogen (secondary N) is 1. The van der Waals surface area contributed by atoms with Gasteiger partial charge < -0.3 is 20.3 Å². The molecule has 3 unspecified atom stereocenters. The Morgan fingerprint density at radius 2 is 0.909 bits per heavy atom.